The summed E-state index contributed by atoms with van der Waals surface area (Å²) in [6.07, 6.45) is 2.97. The lowest BCUT2D eigenvalue weighted by Gasteiger charge is -2.06. The zero-order valence-corrected chi connectivity index (χ0v) is 13.6. The van der Waals surface area contributed by atoms with Gasteiger partial charge in [-0.2, -0.15) is 0 Å². The largest absolute Gasteiger partial charge is 0.355 e. The summed E-state index contributed by atoms with van der Waals surface area (Å²) in [4.78, 5) is 33.7. The summed E-state index contributed by atoms with van der Waals surface area (Å²) in [6, 6.07) is 9.36. The molecule has 0 radical (unpaired) electrons. The molecule has 2 amide bonds. The third-order valence-electron chi connectivity index (χ3n) is 2.87. The van der Waals surface area contributed by atoms with E-state index in [0.717, 1.165) is 36.7 Å². The lowest BCUT2D eigenvalue weighted by atomic mass is 10.2. The van der Waals surface area contributed by atoms with Gasteiger partial charge < -0.3 is 10.6 Å². The number of hydrogen-bond acceptors (Lipinski definition) is 4. The van der Waals surface area contributed by atoms with Crippen LogP contribution >= 0.6 is 11.8 Å². The van der Waals surface area contributed by atoms with Crippen molar-refractivity contribution in [2.75, 3.05) is 17.6 Å². The lowest BCUT2D eigenvalue weighted by molar-refractivity contribution is -0.119. The summed E-state index contributed by atoms with van der Waals surface area (Å²) in [5.74, 6) is 0.0598. The fourth-order valence-corrected chi connectivity index (χ4v) is 2.21. The smallest absolute Gasteiger partial charge is 0.230 e. The Morgan fingerprint density at radius 1 is 1.00 bits per heavy atom. The molecular formula is C16H22N2O3S. The number of hydrogen-bond donors (Lipinski definition) is 2. The van der Waals surface area contributed by atoms with Gasteiger partial charge in [-0.25, -0.2) is 0 Å². The van der Waals surface area contributed by atoms with Crippen molar-refractivity contribution in [2.24, 2.45) is 0 Å². The van der Waals surface area contributed by atoms with Crippen LogP contribution in [0.5, 0.6) is 0 Å². The van der Waals surface area contributed by atoms with Crippen molar-refractivity contribution in [1.29, 1.82) is 0 Å². The molecule has 0 atom stereocenters. The van der Waals surface area contributed by atoms with Gasteiger partial charge in [0, 0.05) is 25.6 Å². The van der Waals surface area contributed by atoms with Crippen LogP contribution in [-0.2, 0) is 14.4 Å². The molecule has 0 unspecified atom stereocenters. The molecule has 0 aromatic heterocycles. The quantitative estimate of drug-likeness (QED) is 0.685. The van der Waals surface area contributed by atoms with E-state index in [1.54, 1.807) is 0 Å². The van der Waals surface area contributed by atoms with Crippen LogP contribution in [0.25, 0.3) is 0 Å². The third kappa shape index (κ3) is 9.18. The zero-order chi connectivity index (χ0) is 16.2. The Bertz CT molecular complexity index is 491. The van der Waals surface area contributed by atoms with Crippen molar-refractivity contribution in [3.05, 3.63) is 30.3 Å². The first-order chi connectivity index (χ1) is 10.6. The van der Waals surface area contributed by atoms with E-state index >= 15 is 0 Å². The van der Waals surface area contributed by atoms with Gasteiger partial charge in [-0.15, -0.1) is 0 Å². The number of unbranched alkanes of at least 4 members (excludes halogenated alkanes) is 2. The van der Waals surface area contributed by atoms with Gasteiger partial charge in [0.25, 0.3) is 0 Å². The molecule has 6 heteroatoms. The molecule has 2 N–H and O–H groups in total. The maximum atomic E-state index is 11.7. The van der Waals surface area contributed by atoms with Crippen molar-refractivity contribution >= 4 is 34.4 Å². The molecule has 5 nitrogen and oxygen atoms in total. The Morgan fingerprint density at radius 3 is 2.41 bits per heavy atom. The molecule has 0 bridgehead atoms. The van der Waals surface area contributed by atoms with Gasteiger partial charge in [-0.1, -0.05) is 36.4 Å². The highest BCUT2D eigenvalue weighted by molar-refractivity contribution is 8.14. The van der Waals surface area contributed by atoms with Gasteiger partial charge in [0.2, 0.25) is 11.8 Å². The van der Waals surface area contributed by atoms with E-state index in [2.05, 4.69) is 10.6 Å². The van der Waals surface area contributed by atoms with Crippen molar-refractivity contribution in [3.63, 3.8) is 0 Å². The molecule has 0 spiro atoms. The molecule has 1 aromatic carbocycles. The van der Waals surface area contributed by atoms with Crippen LogP contribution in [0.15, 0.2) is 30.3 Å². The number of rotatable bonds is 9. The highest BCUT2D eigenvalue weighted by Gasteiger charge is 2.04. The fourth-order valence-electron chi connectivity index (χ4n) is 1.78. The van der Waals surface area contributed by atoms with Crippen molar-refractivity contribution in [3.8, 4) is 0 Å². The minimum Gasteiger partial charge on any atom is -0.355 e. The topological polar surface area (TPSA) is 75.3 Å². The van der Waals surface area contributed by atoms with Crippen LogP contribution in [0.2, 0.25) is 0 Å². The fraction of sp³-hybridized carbons (Fsp3) is 0.438. The Labute approximate surface area is 135 Å². The molecule has 120 valence electrons. The zero-order valence-electron chi connectivity index (χ0n) is 12.8. The van der Waals surface area contributed by atoms with Crippen LogP contribution < -0.4 is 10.6 Å². The van der Waals surface area contributed by atoms with Crippen molar-refractivity contribution < 1.29 is 14.4 Å². The third-order valence-corrected chi connectivity index (χ3v) is 3.68. The number of thioether (sulfide) groups is 1. The molecule has 0 heterocycles. The summed E-state index contributed by atoms with van der Waals surface area (Å²) in [6.45, 7) is 2.02. The summed E-state index contributed by atoms with van der Waals surface area (Å²) in [5, 5.41) is 5.53. The second kappa shape index (κ2) is 10.8. The van der Waals surface area contributed by atoms with Crippen LogP contribution in [-0.4, -0.2) is 29.2 Å². The standard InChI is InChI=1S/C16H22N2O3S/c1-13(19)22-12-16(21)17-11-7-3-6-10-15(20)18-14-8-4-2-5-9-14/h2,4-5,8-9H,3,6-7,10-12H2,1H3,(H,17,21)(H,18,20). The number of anilines is 1. The van der Waals surface area contributed by atoms with Gasteiger partial charge in [0.1, 0.15) is 0 Å². The first-order valence-electron chi connectivity index (χ1n) is 7.33. The highest BCUT2D eigenvalue weighted by atomic mass is 32.2. The Kier molecular flexibility index (Phi) is 8.98. The van der Waals surface area contributed by atoms with Gasteiger partial charge >= 0.3 is 0 Å². The predicted octanol–water partition coefficient (Wildman–Crippen LogP) is 2.58. The van der Waals surface area contributed by atoms with Crippen molar-refractivity contribution in [2.45, 2.75) is 32.6 Å². The molecule has 1 aromatic rings. The number of nitrogens with one attached hydrogen (secondary N) is 2. The molecule has 22 heavy (non-hydrogen) atoms. The first kappa shape index (κ1) is 18.2. The number of carbonyl (C=O) groups excluding carboxylic acids is 3. The Balaban J connectivity index is 2.00. The van der Waals surface area contributed by atoms with Gasteiger partial charge in [0.05, 0.1) is 5.75 Å². The molecular weight excluding hydrogens is 300 g/mol. The second-order valence-corrected chi connectivity index (χ2v) is 6.01. The van der Waals surface area contributed by atoms with Crippen LogP contribution in [0.4, 0.5) is 5.69 Å². The molecule has 0 aliphatic heterocycles. The van der Waals surface area contributed by atoms with Gasteiger partial charge in [-0.05, 0) is 25.0 Å². The maximum absolute atomic E-state index is 11.7. The normalized spacial score (nSPS) is 10.0. The first-order valence-corrected chi connectivity index (χ1v) is 8.31. The minimum atomic E-state index is -0.123. The van der Waals surface area contributed by atoms with Crippen molar-refractivity contribution in [1.82, 2.24) is 5.32 Å². The molecule has 0 aliphatic carbocycles. The summed E-state index contributed by atoms with van der Waals surface area (Å²) >= 11 is 1.01. The number of carbonyl (C=O) groups is 3. The van der Waals surface area contributed by atoms with E-state index < -0.39 is 0 Å². The lowest BCUT2D eigenvalue weighted by Crippen LogP contribution is -2.26. The monoisotopic (exact) mass is 322 g/mol. The molecule has 1 rings (SSSR count). The highest BCUT2D eigenvalue weighted by Crippen LogP contribution is 2.07. The van der Waals surface area contributed by atoms with E-state index in [1.165, 1.54) is 6.92 Å². The Morgan fingerprint density at radius 2 is 1.73 bits per heavy atom. The average Bonchev–Trinajstić information content (AvgIpc) is 2.49. The number of para-hydroxylation sites is 1. The predicted molar refractivity (Wildman–Crippen MR) is 89.7 cm³/mol. The van der Waals surface area contributed by atoms with E-state index in [1.807, 2.05) is 30.3 Å². The van der Waals surface area contributed by atoms with E-state index in [0.29, 0.717) is 13.0 Å². The van der Waals surface area contributed by atoms with E-state index in [-0.39, 0.29) is 22.7 Å². The molecule has 0 saturated heterocycles. The minimum absolute atomic E-state index is 0.00749. The van der Waals surface area contributed by atoms with Crippen LogP contribution in [0.3, 0.4) is 0 Å². The van der Waals surface area contributed by atoms with Crippen LogP contribution in [0.1, 0.15) is 32.6 Å². The number of amides is 2. The number of benzene rings is 1. The summed E-state index contributed by atoms with van der Waals surface area (Å²) in [5.41, 5.74) is 0.808. The van der Waals surface area contributed by atoms with E-state index in [4.69, 9.17) is 0 Å². The summed E-state index contributed by atoms with van der Waals surface area (Å²) in [7, 11) is 0. The average molecular weight is 322 g/mol. The van der Waals surface area contributed by atoms with Gasteiger partial charge in [-0.3, -0.25) is 14.4 Å². The molecule has 0 aliphatic rings. The van der Waals surface area contributed by atoms with Gasteiger partial charge in [0.15, 0.2) is 5.12 Å². The Hall–Kier alpha value is -1.82. The van der Waals surface area contributed by atoms with E-state index in [9.17, 15) is 14.4 Å². The second-order valence-electron chi connectivity index (χ2n) is 4.86. The summed E-state index contributed by atoms with van der Waals surface area (Å²) < 4.78 is 0. The molecule has 0 fully saturated rings. The molecule has 0 saturated carbocycles. The van der Waals surface area contributed by atoms with Crippen LogP contribution in [0, 0.1) is 0 Å². The SMILES string of the molecule is CC(=O)SCC(=O)NCCCCCC(=O)Nc1ccccc1. The maximum Gasteiger partial charge on any atom is 0.230 e.